The van der Waals surface area contributed by atoms with E-state index in [-0.39, 0.29) is 48.2 Å². The first kappa shape index (κ1) is 19.6. The van der Waals surface area contributed by atoms with Crippen molar-refractivity contribution in [1.29, 1.82) is 0 Å². The van der Waals surface area contributed by atoms with Crippen LogP contribution in [-0.2, 0) is 22.4 Å². The monoisotopic (exact) mass is 378 g/mol. The minimum Gasteiger partial charge on any atom is -0.483 e. The lowest BCUT2D eigenvalue weighted by atomic mass is 9.94. The number of ether oxygens (including phenoxy) is 1. The smallest absolute Gasteiger partial charge is 0.290 e. The van der Waals surface area contributed by atoms with Gasteiger partial charge in [-0.05, 0) is 56.1 Å². The minimum atomic E-state index is -0.277. The molecule has 8 nitrogen and oxygen atoms in total. The van der Waals surface area contributed by atoms with E-state index in [0.717, 1.165) is 49.8 Å². The second-order valence-corrected chi connectivity index (χ2v) is 7.32. The van der Waals surface area contributed by atoms with Gasteiger partial charge >= 0.3 is 0 Å². The number of rotatable bonds is 2. The molecule has 0 radical (unpaired) electrons. The van der Waals surface area contributed by atoms with Crippen LogP contribution in [0.4, 0.5) is 0 Å². The van der Waals surface area contributed by atoms with Gasteiger partial charge in [-0.2, -0.15) is 0 Å². The Labute approximate surface area is 157 Å². The maximum absolute atomic E-state index is 13.0. The standard InChI is InChI=1S/C18H24N2O4.CH2O2/c21-10-11-7-15-16(8-11)24-6-5-20(15)18(23)13-9-12-3-1-2-4-14(12)19-17(13)22;2-1-3/h9,11,15-16,21H,1-8,10H2,(H,19,22);1H,(H,2,3)/t11-,15+,16+;/m1./s1. The fraction of sp³-hybridized carbons (Fsp3) is 0.632. The number of carboxylic acid groups (broad SMARTS) is 1. The molecular formula is C19H26N2O6. The predicted octanol–water partition coefficient (Wildman–Crippen LogP) is 0.566. The Morgan fingerprint density at radius 1 is 1.33 bits per heavy atom. The van der Waals surface area contributed by atoms with Gasteiger partial charge < -0.3 is 24.8 Å². The van der Waals surface area contributed by atoms with Crippen LogP contribution in [0.2, 0.25) is 0 Å². The average Bonchev–Trinajstić information content (AvgIpc) is 3.11. The summed E-state index contributed by atoms with van der Waals surface area (Å²) < 4.78 is 5.78. The molecule has 0 bridgehead atoms. The first-order valence-electron chi connectivity index (χ1n) is 9.45. The minimum absolute atomic E-state index is 0.0171. The molecule has 3 N–H and O–H groups in total. The van der Waals surface area contributed by atoms with Gasteiger partial charge in [-0.1, -0.05) is 0 Å². The number of fused-ring (bicyclic) bond motifs is 2. The maximum Gasteiger partial charge on any atom is 0.290 e. The van der Waals surface area contributed by atoms with E-state index in [1.807, 2.05) is 0 Å². The lowest BCUT2D eigenvalue weighted by molar-refractivity contribution is -0.122. The quantitative estimate of drug-likeness (QED) is 0.647. The Balaban J connectivity index is 0.000000659. The number of aryl methyl sites for hydroxylation is 2. The van der Waals surface area contributed by atoms with Crippen molar-refractivity contribution in [3.63, 3.8) is 0 Å². The molecule has 27 heavy (non-hydrogen) atoms. The number of carbonyl (C=O) groups is 2. The highest BCUT2D eigenvalue weighted by molar-refractivity contribution is 5.94. The Morgan fingerprint density at radius 3 is 2.81 bits per heavy atom. The number of hydrogen-bond donors (Lipinski definition) is 3. The lowest BCUT2D eigenvalue weighted by Crippen LogP contribution is -2.52. The molecule has 1 amide bonds. The highest BCUT2D eigenvalue weighted by atomic mass is 16.5. The highest BCUT2D eigenvalue weighted by Crippen LogP contribution is 2.34. The van der Waals surface area contributed by atoms with Crippen LogP contribution in [0.5, 0.6) is 0 Å². The van der Waals surface area contributed by atoms with Crippen molar-refractivity contribution < 1.29 is 24.5 Å². The lowest BCUT2D eigenvalue weighted by Gasteiger charge is -2.37. The molecule has 3 atom stereocenters. The van der Waals surface area contributed by atoms with Crippen LogP contribution in [-0.4, -0.2) is 64.4 Å². The third-order valence-corrected chi connectivity index (χ3v) is 5.72. The van der Waals surface area contributed by atoms with Crippen LogP contribution in [0.3, 0.4) is 0 Å². The van der Waals surface area contributed by atoms with Crippen molar-refractivity contribution in [3.05, 3.63) is 33.2 Å². The number of pyridine rings is 1. The number of H-pyrrole nitrogens is 1. The van der Waals surface area contributed by atoms with Crippen molar-refractivity contribution in [1.82, 2.24) is 9.88 Å². The fourth-order valence-corrected chi connectivity index (χ4v) is 4.44. The van der Waals surface area contributed by atoms with Gasteiger partial charge in [0.25, 0.3) is 17.9 Å². The van der Waals surface area contributed by atoms with Crippen molar-refractivity contribution in [3.8, 4) is 0 Å². The van der Waals surface area contributed by atoms with E-state index in [2.05, 4.69) is 4.98 Å². The predicted molar refractivity (Wildman–Crippen MR) is 96.8 cm³/mol. The molecule has 148 valence electrons. The molecule has 2 heterocycles. The van der Waals surface area contributed by atoms with Gasteiger partial charge in [-0.3, -0.25) is 14.4 Å². The number of aromatic amines is 1. The molecule has 1 aromatic heterocycles. The molecule has 1 aromatic rings. The molecule has 0 unspecified atom stereocenters. The van der Waals surface area contributed by atoms with Crippen molar-refractivity contribution >= 4 is 12.4 Å². The molecule has 0 aromatic carbocycles. The summed E-state index contributed by atoms with van der Waals surface area (Å²) in [5, 5.41) is 16.3. The SMILES string of the molecule is O=C(c1cc2c([nH]c1=O)CCCC2)N1CCO[C@H]2C[C@H](CO)C[C@@H]21.O=CO. The molecule has 3 aliphatic rings. The normalized spacial score (nSPS) is 26.4. The summed E-state index contributed by atoms with van der Waals surface area (Å²) in [6.45, 7) is 0.875. The highest BCUT2D eigenvalue weighted by Gasteiger charge is 2.43. The zero-order valence-corrected chi connectivity index (χ0v) is 15.2. The van der Waals surface area contributed by atoms with Crippen LogP contribution in [0.25, 0.3) is 0 Å². The van der Waals surface area contributed by atoms with E-state index in [1.165, 1.54) is 0 Å². The Morgan fingerprint density at radius 2 is 2.07 bits per heavy atom. The first-order chi connectivity index (χ1) is 13.1. The van der Waals surface area contributed by atoms with Crippen LogP contribution in [0.1, 0.15) is 47.3 Å². The van der Waals surface area contributed by atoms with E-state index in [4.69, 9.17) is 14.6 Å². The third-order valence-electron chi connectivity index (χ3n) is 5.72. The number of hydrogen-bond acceptors (Lipinski definition) is 5. The van der Waals surface area contributed by atoms with Crippen LogP contribution in [0.15, 0.2) is 10.9 Å². The molecule has 1 aliphatic heterocycles. The van der Waals surface area contributed by atoms with Gasteiger partial charge in [0.15, 0.2) is 0 Å². The van der Waals surface area contributed by atoms with Crippen molar-refractivity contribution in [2.75, 3.05) is 19.8 Å². The summed E-state index contributed by atoms with van der Waals surface area (Å²) >= 11 is 0. The number of carbonyl (C=O) groups excluding carboxylic acids is 1. The molecule has 8 heteroatoms. The number of morpholine rings is 1. The third kappa shape index (κ3) is 4.06. The Kier molecular flexibility index (Phi) is 6.28. The topological polar surface area (TPSA) is 120 Å². The molecule has 2 aliphatic carbocycles. The zero-order valence-electron chi connectivity index (χ0n) is 15.2. The Hall–Kier alpha value is -2.19. The van der Waals surface area contributed by atoms with E-state index in [9.17, 15) is 14.7 Å². The molecule has 1 saturated carbocycles. The fourth-order valence-electron chi connectivity index (χ4n) is 4.44. The summed E-state index contributed by atoms with van der Waals surface area (Å²) in [7, 11) is 0. The average molecular weight is 378 g/mol. The van der Waals surface area contributed by atoms with E-state index in [1.54, 1.807) is 11.0 Å². The summed E-state index contributed by atoms with van der Waals surface area (Å²) in [4.78, 5) is 38.5. The van der Waals surface area contributed by atoms with Gasteiger partial charge in [0.1, 0.15) is 5.56 Å². The molecule has 0 spiro atoms. The molecular weight excluding hydrogens is 352 g/mol. The van der Waals surface area contributed by atoms with Gasteiger partial charge in [-0.15, -0.1) is 0 Å². The maximum atomic E-state index is 13.0. The van der Waals surface area contributed by atoms with Crippen LogP contribution >= 0.6 is 0 Å². The van der Waals surface area contributed by atoms with Crippen molar-refractivity contribution in [2.24, 2.45) is 5.92 Å². The molecule has 2 fully saturated rings. The number of aliphatic hydroxyl groups is 1. The number of aromatic nitrogens is 1. The van der Waals surface area contributed by atoms with Crippen molar-refractivity contribution in [2.45, 2.75) is 50.7 Å². The van der Waals surface area contributed by atoms with Gasteiger partial charge in [0.2, 0.25) is 0 Å². The largest absolute Gasteiger partial charge is 0.483 e. The van der Waals surface area contributed by atoms with E-state index >= 15 is 0 Å². The number of nitrogens with zero attached hydrogens (tertiary/aromatic N) is 1. The second-order valence-electron chi connectivity index (χ2n) is 7.32. The van der Waals surface area contributed by atoms with E-state index in [0.29, 0.717) is 13.2 Å². The van der Waals surface area contributed by atoms with Gasteiger partial charge in [0, 0.05) is 18.8 Å². The van der Waals surface area contributed by atoms with Crippen LogP contribution < -0.4 is 5.56 Å². The second kappa shape index (κ2) is 8.67. The first-order valence-corrected chi connectivity index (χ1v) is 9.45. The summed E-state index contributed by atoms with van der Waals surface area (Å²) in [6, 6.07) is 1.78. The molecule has 4 rings (SSSR count). The number of aliphatic hydroxyl groups excluding tert-OH is 1. The Bertz CT molecular complexity index is 746. The summed E-state index contributed by atoms with van der Waals surface area (Å²) in [5.74, 6) is -0.0169. The van der Waals surface area contributed by atoms with Gasteiger partial charge in [0.05, 0.1) is 18.8 Å². The summed E-state index contributed by atoms with van der Waals surface area (Å²) in [5.41, 5.74) is 2.07. The zero-order chi connectivity index (χ0) is 19.4. The summed E-state index contributed by atoms with van der Waals surface area (Å²) in [6.07, 6.45) is 5.52. The van der Waals surface area contributed by atoms with Gasteiger partial charge in [-0.25, -0.2) is 0 Å². The number of nitrogens with one attached hydrogen (secondary N) is 1. The number of amides is 1. The van der Waals surface area contributed by atoms with E-state index < -0.39 is 0 Å². The molecule has 1 saturated heterocycles. The van der Waals surface area contributed by atoms with Crippen LogP contribution in [0, 0.1) is 5.92 Å².